The summed E-state index contributed by atoms with van der Waals surface area (Å²) in [5.74, 6) is -0.0176. The van der Waals surface area contributed by atoms with E-state index in [9.17, 15) is 9.18 Å². The molecular weight excluding hydrogens is 381 g/mol. The number of hydrogen-bond donors (Lipinski definition) is 1. The summed E-state index contributed by atoms with van der Waals surface area (Å²) < 4.78 is 17.6. The molecule has 0 heterocycles. The van der Waals surface area contributed by atoms with Crippen molar-refractivity contribution in [3.63, 3.8) is 0 Å². The highest BCUT2D eigenvalue weighted by Crippen LogP contribution is 2.32. The van der Waals surface area contributed by atoms with E-state index in [1.165, 1.54) is 18.7 Å². The minimum Gasteiger partial charge on any atom is -0.471 e. The smallest absolute Gasteiger partial charge is 0.292 e. The summed E-state index contributed by atoms with van der Waals surface area (Å²) in [6.07, 6.45) is 4.03. The Morgan fingerprint density at radius 2 is 1.79 bits per heavy atom. The van der Waals surface area contributed by atoms with Crippen molar-refractivity contribution < 1.29 is 18.7 Å². The number of ether oxygens (including phenoxy) is 1. The summed E-state index contributed by atoms with van der Waals surface area (Å²) >= 11 is 5.98. The van der Waals surface area contributed by atoms with Crippen molar-refractivity contribution in [3.8, 4) is 0 Å². The number of nitrogens with one attached hydrogen (secondary N) is 1. The Bertz CT molecular complexity index is 741. The van der Waals surface area contributed by atoms with E-state index in [0.717, 1.165) is 25.7 Å². The third-order valence-corrected chi connectivity index (χ3v) is 5.21. The molecule has 6 heteroatoms. The molecule has 1 N–H and O–H groups in total. The Labute approximate surface area is 170 Å². The van der Waals surface area contributed by atoms with Crippen LogP contribution in [0.5, 0.6) is 0 Å². The van der Waals surface area contributed by atoms with Crippen molar-refractivity contribution in [3.05, 3.63) is 70.5 Å². The average Bonchev–Trinajstić information content (AvgIpc) is 2.72. The maximum absolute atomic E-state index is 13.8. The van der Waals surface area contributed by atoms with Gasteiger partial charge in [-0.15, -0.1) is 0 Å². The van der Waals surface area contributed by atoms with Gasteiger partial charge < -0.3 is 10.1 Å². The van der Waals surface area contributed by atoms with Crippen molar-refractivity contribution in [2.24, 2.45) is 0 Å². The number of carbonyl (C=O) groups excluding carboxylic acids is 2. The second-order valence-corrected chi connectivity index (χ2v) is 7.14. The number of carbonyl (C=O) groups is 2. The first kappa shape index (κ1) is 21.9. The lowest BCUT2D eigenvalue weighted by Crippen LogP contribution is -2.38. The van der Waals surface area contributed by atoms with Gasteiger partial charge in [0.1, 0.15) is 5.82 Å². The third kappa shape index (κ3) is 6.64. The first-order chi connectivity index (χ1) is 13.5. The van der Waals surface area contributed by atoms with Crippen LogP contribution in [0.4, 0.5) is 4.39 Å². The number of methoxy groups -OCH3 is 1. The molecule has 150 valence electrons. The molecule has 1 saturated carbocycles. The van der Waals surface area contributed by atoms with Crippen LogP contribution in [0.25, 0.3) is 0 Å². The molecule has 3 rings (SSSR count). The number of halogens is 2. The van der Waals surface area contributed by atoms with Crippen molar-refractivity contribution >= 4 is 24.0 Å². The predicted molar refractivity (Wildman–Crippen MR) is 108 cm³/mol. The topological polar surface area (TPSA) is 55.4 Å². The summed E-state index contributed by atoms with van der Waals surface area (Å²) in [5.41, 5.74) is 1.65. The van der Waals surface area contributed by atoms with Crippen LogP contribution in [0.3, 0.4) is 0 Å². The van der Waals surface area contributed by atoms with Crippen LogP contribution in [0.2, 0.25) is 5.02 Å². The van der Waals surface area contributed by atoms with Crippen LogP contribution in [0.15, 0.2) is 48.5 Å². The summed E-state index contributed by atoms with van der Waals surface area (Å²) in [5, 5.41) is 3.33. The molecule has 0 bridgehead atoms. The first-order valence-corrected chi connectivity index (χ1v) is 9.66. The largest absolute Gasteiger partial charge is 0.471 e. The van der Waals surface area contributed by atoms with E-state index in [1.807, 2.05) is 6.07 Å². The predicted octanol–water partition coefficient (Wildman–Crippen LogP) is 4.65. The van der Waals surface area contributed by atoms with Gasteiger partial charge in [-0.3, -0.25) is 9.59 Å². The molecule has 1 amide bonds. The molecule has 1 fully saturated rings. The van der Waals surface area contributed by atoms with Crippen molar-refractivity contribution in [1.29, 1.82) is 0 Å². The van der Waals surface area contributed by atoms with Gasteiger partial charge in [-0.05, 0) is 49.3 Å². The lowest BCUT2D eigenvalue weighted by molar-refractivity contribution is -0.126. The Hall–Kier alpha value is -2.40. The summed E-state index contributed by atoms with van der Waals surface area (Å²) in [4.78, 5) is 21.2. The van der Waals surface area contributed by atoms with Crippen LogP contribution in [-0.2, 0) is 20.7 Å². The van der Waals surface area contributed by atoms with Gasteiger partial charge in [-0.1, -0.05) is 48.0 Å². The van der Waals surface area contributed by atoms with Crippen LogP contribution >= 0.6 is 11.6 Å². The normalized spacial score (nSPS) is 18.4. The molecule has 28 heavy (non-hydrogen) atoms. The van der Waals surface area contributed by atoms with E-state index in [0.29, 0.717) is 17.4 Å². The molecular formula is C22H25ClFNO3. The monoisotopic (exact) mass is 405 g/mol. The molecule has 1 aliphatic rings. The average molecular weight is 406 g/mol. The fourth-order valence-electron chi connectivity index (χ4n) is 3.44. The maximum atomic E-state index is 13.8. The van der Waals surface area contributed by atoms with E-state index in [1.54, 1.807) is 12.1 Å². The summed E-state index contributed by atoms with van der Waals surface area (Å²) in [6.45, 7) is 0.375. The van der Waals surface area contributed by atoms with E-state index >= 15 is 0 Å². The van der Waals surface area contributed by atoms with Gasteiger partial charge in [0.2, 0.25) is 5.91 Å². The molecule has 0 saturated heterocycles. The van der Waals surface area contributed by atoms with Gasteiger partial charge in [-0.2, -0.15) is 0 Å². The van der Waals surface area contributed by atoms with Gasteiger partial charge >= 0.3 is 0 Å². The van der Waals surface area contributed by atoms with Crippen molar-refractivity contribution in [2.75, 3.05) is 7.11 Å². The van der Waals surface area contributed by atoms with Gasteiger partial charge in [0.05, 0.1) is 13.5 Å². The fourth-order valence-corrected chi connectivity index (χ4v) is 3.67. The van der Waals surface area contributed by atoms with E-state index in [4.69, 9.17) is 16.4 Å². The molecule has 4 nitrogen and oxygen atoms in total. The molecule has 2 aromatic rings. The number of amides is 1. The summed E-state index contributed by atoms with van der Waals surface area (Å²) in [7, 11) is 1.31. The second kappa shape index (κ2) is 11.4. The molecule has 2 aromatic carbocycles. The van der Waals surface area contributed by atoms with Crippen LogP contribution < -0.4 is 5.32 Å². The van der Waals surface area contributed by atoms with Crippen LogP contribution in [0.1, 0.15) is 42.7 Å². The first-order valence-electron chi connectivity index (χ1n) is 9.28. The zero-order valence-electron chi connectivity index (χ0n) is 15.9. The zero-order chi connectivity index (χ0) is 20.4. The Morgan fingerprint density at radius 3 is 2.36 bits per heavy atom. The fraction of sp³-hybridized carbons (Fsp3) is 0.364. The van der Waals surface area contributed by atoms with E-state index in [-0.39, 0.29) is 23.9 Å². The highest BCUT2D eigenvalue weighted by Gasteiger charge is 2.23. The molecule has 0 unspecified atom stereocenters. The molecule has 0 aliphatic heterocycles. The number of rotatable bonds is 5. The summed E-state index contributed by atoms with van der Waals surface area (Å²) in [6, 6.07) is 15.2. The van der Waals surface area contributed by atoms with Crippen molar-refractivity contribution in [1.82, 2.24) is 5.32 Å². The Kier molecular flexibility index (Phi) is 8.95. The van der Waals surface area contributed by atoms with E-state index in [2.05, 4.69) is 34.3 Å². The van der Waals surface area contributed by atoms with Gasteiger partial charge in [0.15, 0.2) is 0 Å². The SMILES string of the molecule is COC=O.O=C(Cc1c(F)cccc1Cl)NC1CCC(c2ccccc2)CC1. The highest BCUT2D eigenvalue weighted by molar-refractivity contribution is 6.31. The molecule has 1 aliphatic carbocycles. The molecule has 0 atom stereocenters. The molecule has 0 aromatic heterocycles. The van der Waals surface area contributed by atoms with Gasteiger partial charge in [0, 0.05) is 16.6 Å². The van der Waals surface area contributed by atoms with Crippen LogP contribution in [0, 0.1) is 5.82 Å². The maximum Gasteiger partial charge on any atom is 0.292 e. The molecule has 0 spiro atoms. The zero-order valence-corrected chi connectivity index (χ0v) is 16.6. The van der Waals surface area contributed by atoms with Crippen molar-refractivity contribution in [2.45, 2.75) is 44.1 Å². The third-order valence-electron chi connectivity index (χ3n) is 4.86. The molecule has 0 radical (unpaired) electrons. The van der Waals surface area contributed by atoms with Gasteiger partial charge in [0.25, 0.3) is 6.47 Å². The highest BCUT2D eigenvalue weighted by atomic mass is 35.5. The minimum absolute atomic E-state index is 0.00980. The lowest BCUT2D eigenvalue weighted by atomic mass is 9.82. The number of hydrogen-bond acceptors (Lipinski definition) is 3. The Balaban J connectivity index is 0.000000640. The minimum atomic E-state index is -0.426. The lowest BCUT2D eigenvalue weighted by Gasteiger charge is -2.29. The second-order valence-electron chi connectivity index (χ2n) is 6.74. The number of benzene rings is 2. The quantitative estimate of drug-likeness (QED) is 0.736. The Morgan fingerprint density at radius 1 is 1.14 bits per heavy atom. The van der Waals surface area contributed by atoms with Gasteiger partial charge in [-0.25, -0.2) is 4.39 Å². The van der Waals surface area contributed by atoms with E-state index < -0.39 is 5.82 Å². The van der Waals surface area contributed by atoms with Crippen LogP contribution in [-0.4, -0.2) is 25.5 Å². The standard InChI is InChI=1S/C20H21ClFNO.C2H4O2/c21-18-7-4-8-19(22)17(18)13-20(24)23-16-11-9-15(10-12-16)14-5-2-1-3-6-14;1-4-2-3/h1-8,15-16H,9-13H2,(H,23,24);2H,1H3.